The summed E-state index contributed by atoms with van der Waals surface area (Å²) in [4.78, 5) is 32.2. The van der Waals surface area contributed by atoms with Crippen molar-refractivity contribution in [1.82, 2.24) is 14.4 Å². The van der Waals surface area contributed by atoms with Gasteiger partial charge in [-0.05, 0) is 41.8 Å². The number of fused-ring (bicyclic) bond motifs is 1. The first-order valence-corrected chi connectivity index (χ1v) is 10.7. The smallest absolute Gasteiger partial charge is 0.333 e. The number of halogens is 1. The number of nitrogens with two attached hydrogens (primary N) is 1. The minimum absolute atomic E-state index is 0.0352. The lowest BCUT2D eigenvalue weighted by Gasteiger charge is -2.15. The van der Waals surface area contributed by atoms with Crippen LogP contribution < -0.4 is 21.7 Å². The molecule has 1 fully saturated rings. The van der Waals surface area contributed by atoms with Crippen LogP contribution in [0.4, 0.5) is 4.39 Å². The molecule has 0 atom stereocenters. The molecule has 0 aromatic carbocycles. The number of nitrogens with one attached hydrogen (secondary N) is 1. The lowest BCUT2D eigenvalue weighted by Crippen LogP contribution is -2.29. The van der Waals surface area contributed by atoms with E-state index in [0.29, 0.717) is 16.0 Å². The molecule has 7 nitrogen and oxygen atoms in total. The Morgan fingerprint density at radius 3 is 2.90 bits per heavy atom. The molecule has 3 N–H and O–H groups in total. The second-order valence-corrected chi connectivity index (χ2v) is 8.36. The SMILES string of the molecule is COc1c(-c2cc(-c3cccnc3CN)cs2)c(F)cn2c(=O)[nH]c(=O)c(C3CC3)c12. The Morgan fingerprint density at radius 1 is 1.39 bits per heavy atom. The summed E-state index contributed by atoms with van der Waals surface area (Å²) in [5, 5.41) is 1.90. The van der Waals surface area contributed by atoms with Gasteiger partial charge in [-0.3, -0.25) is 19.2 Å². The highest BCUT2D eigenvalue weighted by molar-refractivity contribution is 7.14. The number of rotatable bonds is 5. The van der Waals surface area contributed by atoms with Crippen molar-refractivity contribution in [3.05, 3.63) is 73.9 Å². The number of hydrogen-bond acceptors (Lipinski definition) is 6. The largest absolute Gasteiger partial charge is 0.494 e. The van der Waals surface area contributed by atoms with E-state index >= 15 is 4.39 Å². The molecule has 0 saturated heterocycles. The van der Waals surface area contributed by atoms with E-state index in [2.05, 4.69) is 9.97 Å². The van der Waals surface area contributed by atoms with E-state index in [4.69, 9.17) is 10.5 Å². The topological polar surface area (TPSA) is 102 Å². The predicted octanol–water partition coefficient (Wildman–Crippen LogP) is 3.26. The molecule has 1 aliphatic rings. The van der Waals surface area contributed by atoms with Crippen molar-refractivity contribution in [2.45, 2.75) is 25.3 Å². The van der Waals surface area contributed by atoms with Crippen molar-refractivity contribution in [3.63, 3.8) is 0 Å². The third-order valence-corrected chi connectivity index (χ3v) is 6.48. The standard InChI is InChI=1S/C22H19FN4O3S/c1-30-20-18(16-7-12(10-31-16)13-3-2-6-25-15(13)8-24)14(23)9-27-19(20)17(11-4-5-11)21(28)26-22(27)29/h2-3,6-7,9-11H,4-5,8,24H2,1H3,(H,26,28,29). The third kappa shape index (κ3) is 3.17. The van der Waals surface area contributed by atoms with Gasteiger partial charge in [0.05, 0.1) is 24.6 Å². The molecule has 158 valence electrons. The molecule has 1 saturated carbocycles. The van der Waals surface area contributed by atoms with Gasteiger partial charge in [0.1, 0.15) is 5.52 Å². The normalized spacial score (nSPS) is 13.6. The van der Waals surface area contributed by atoms with E-state index in [1.807, 2.05) is 23.6 Å². The number of pyridine rings is 2. The molecule has 0 bridgehead atoms. The first kappa shape index (κ1) is 19.7. The highest BCUT2D eigenvalue weighted by Crippen LogP contribution is 2.46. The van der Waals surface area contributed by atoms with Gasteiger partial charge in [0.2, 0.25) is 0 Å². The second-order valence-electron chi connectivity index (χ2n) is 7.45. The third-order valence-electron chi connectivity index (χ3n) is 5.53. The first-order chi connectivity index (χ1) is 15.0. The van der Waals surface area contributed by atoms with E-state index in [0.717, 1.165) is 40.3 Å². The summed E-state index contributed by atoms with van der Waals surface area (Å²) in [6.45, 7) is 0.283. The number of nitrogens with zero attached hydrogens (tertiary/aromatic N) is 2. The fourth-order valence-electron chi connectivity index (χ4n) is 3.97. The van der Waals surface area contributed by atoms with E-state index < -0.39 is 17.1 Å². The van der Waals surface area contributed by atoms with Crippen LogP contribution in [-0.2, 0) is 6.54 Å². The van der Waals surface area contributed by atoms with E-state index in [1.54, 1.807) is 6.20 Å². The highest BCUT2D eigenvalue weighted by Gasteiger charge is 2.32. The Bertz CT molecular complexity index is 1440. The number of H-pyrrole nitrogens is 1. The highest BCUT2D eigenvalue weighted by atomic mass is 32.1. The number of methoxy groups -OCH3 is 1. The quantitative estimate of drug-likeness (QED) is 0.498. The molecular weight excluding hydrogens is 419 g/mol. The van der Waals surface area contributed by atoms with Gasteiger partial charge < -0.3 is 10.5 Å². The Kier molecular flexibility index (Phi) is 4.71. The minimum atomic E-state index is -0.692. The zero-order valence-corrected chi connectivity index (χ0v) is 17.5. The van der Waals surface area contributed by atoms with Gasteiger partial charge in [0.15, 0.2) is 11.6 Å². The average Bonchev–Trinajstić information content (AvgIpc) is 3.49. The van der Waals surface area contributed by atoms with Gasteiger partial charge in [0, 0.05) is 28.7 Å². The summed E-state index contributed by atoms with van der Waals surface area (Å²) in [5.74, 6) is -0.393. The van der Waals surface area contributed by atoms with Crippen LogP contribution in [0.25, 0.3) is 27.1 Å². The van der Waals surface area contributed by atoms with Crippen LogP contribution in [0.1, 0.15) is 30.0 Å². The Morgan fingerprint density at radius 2 is 2.19 bits per heavy atom. The van der Waals surface area contributed by atoms with Gasteiger partial charge in [-0.2, -0.15) is 0 Å². The number of aromatic amines is 1. The summed E-state index contributed by atoms with van der Waals surface area (Å²) < 4.78 is 22.0. The van der Waals surface area contributed by atoms with Crippen molar-refractivity contribution in [2.75, 3.05) is 7.11 Å². The molecular formula is C22H19FN4O3S. The van der Waals surface area contributed by atoms with Crippen LogP contribution in [-0.4, -0.2) is 21.5 Å². The molecule has 0 spiro atoms. The summed E-state index contributed by atoms with van der Waals surface area (Å²) >= 11 is 1.35. The molecule has 4 aromatic heterocycles. The predicted molar refractivity (Wildman–Crippen MR) is 117 cm³/mol. The van der Waals surface area contributed by atoms with Crippen molar-refractivity contribution in [3.8, 4) is 27.3 Å². The molecule has 0 amide bonds. The molecule has 4 heterocycles. The van der Waals surface area contributed by atoms with Crippen LogP contribution in [0.2, 0.25) is 0 Å². The summed E-state index contributed by atoms with van der Waals surface area (Å²) in [6, 6.07) is 5.59. The first-order valence-electron chi connectivity index (χ1n) is 9.81. The van der Waals surface area contributed by atoms with Crippen LogP contribution in [0.5, 0.6) is 5.75 Å². The maximum atomic E-state index is 15.3. The summed E-state index contributed by atoms with van der Waals surface area (Å²) in [5.41, 5.74) is 8.17. The lowest BCUT2D eigenvalue weighted by atomic mass is 10.0. The number of ether oxygens (including phenoxy) is 1. The Labute approximate surface area is 180 Å². The van der Waals surface area contributed by atoms with Crippen LogP contribution in [0.15, 0.2) is 45.6 Å². The van der Waals surface area contributed by atoms with Crippen molar-refractivity contribution in [2.24, 2.45) is 5.73 Å². The molecule has 1 aliphatic carbocycles. The molecule has 5 rings (SSSR count). The maximum absolute atomic E-state index is 15.3. The zero-order chi connectivity index (χ0) is 21.7. The fraction of sp³-hybridized carbons (Fsp3) is 0.227. The van der Waals surface area contributed by atoms with Gasteiger partial charge in [-0.1, -0.05) is 6.07 Å². The fourth-order valence-corrected chi connectivity index (χ4v) is 4.93. The maximum Gasteiger partial charge on any atom is 0.333 e. The Hall–Kier alpha value is -3.30. The van der Waals surface area contributed by atoms with E-state index in [-0.39, 0.29) is 23.8 Å². The molecule has 0 aliphatic heterocycles. The summed E-state index contributed by atoms with van der Waals surface area (Å²) in [7, 11) is 1.42. The second kappa shape index (κ2) is 7.44. The van der Waals surface area contributed by atoms with Gasteiger partial charge in [-0.25, -0.2) is 9.18 Å². The molecule has 4 aromatic rings. The lowest BCUT2D eigenvalue weighted by molar-refractivity contribution is 0.415. The molecule has 0 unspecified atom stereocenters. The van der Waals surface area contributed by atoms with Gasteiger partial charge in [-0.15, -0.1) is 11.3 Å². The minimum Gasteiger partial charge on any atom is -0.494 e. The van der Waals surface area contributed by atoms with Crippen molar-refractivity contribution in [1.29, 1.82) is 0 Å². The average molecular weight is 438 g/mol. The summed E-state index contributed by atoms with van der Waals surface area (Å²) in [6.07, 6.45) is 4.49. The zero-order valence-electron chi connectivity index (χ0n) is 16.6. The van der Waals surface area contributed by atoms with Gasteiger partial charge in [0.25, 0.3) is 5.56 Å². The van der Waals surface area contributed by atoms with Crippen LogP contribution in [0.3, 0.4) is 0 Å². The molecule has 0 radical (unpaired) electrons. The van der Waals surface area contributed by atoms with Crippen molar-refractivity contribution >= 4 is 16.9 Å². The van der Waals surface area contributed by atoms with Gasteiger partial charge >= 0.3 is 5.69 Å². The van der Waals surface area contributed by atoms with Crippen molar-refractivity contribution < 1.29 is 9.13 Å². The monoisotopic (exact) mass is 438 g/mol. The van der Waals surface area contributed by atoms with E-state index in [1.165, 1.54) is 18.4 Å². The van der Waals surface area contributed by atoms with E-state index in [9.17, 15) is 9.59 Å². The Balaban J connectivity index is 1.78. The molecule has 31 heavy (non-hydrogen) atoms. The van der Waals surface area contributed by atoms with Crippen LogP contribution in [0, 0.1) is 5.82 Å². The number of aromatic nitrogens is 3. The number of thiophene rings is 1. The number of hydrogen-bond donors (Lipinski definition) is 2. The molecule has 9 heteroatoms. The van der Waals surface area contributed by atoms with Crippen LogP contribution >= 0.6 is 11.3 Å².